The molecule has 1 saturated carbocycles. The molecule has 0 radical (unpaired) electrons. The van der Waals surface area contributed by atoms with Crippen molar-refractivity contribution in [3.63, 3.8) is 0 Å². The fraction of sp³-hybridized carbons (Fsp3) is 0.636. The topological polar surface area (TPSA) is 43.9 Å². The van der Waals surface area contributed by atoms with Gasteiger partial charge >= 0.3 is 0 Å². The normalized spacial score (nSPS) is 19.6. The molecule has 0 aromatic heterocycles. The van der Waals surface area contributed by atoms with Crippen molar-refractivity contribution in [3.8, 4) is 0 Å². The first-order chi connectivity index (χ1) is 13.5. The Bertz CT molecular complexity index is 674. The highest BCUT2D eigenvalue weighted by Crippen LogP contribution is 2.42. The Balaban J connectivity index is 1.63. The molecule has 1 heterocycles. The molecule has 0 N–H and O–H groups in total. The molecule has 0 unspecified atom stereocenters. The van der Waals surface area contributed by atoms with E-state index in [1.54, 1.807) is 12.1 Å². The molecule has 1 aliphatic carbocycles. The summed E-state index contributed by atoms with van der Waals surface area (Å²) in [5.74, 6) is 0.0607. The smallest absolute Gasteiger partial charge is 0.236 e. The third-order valence-electron chi connectivity index (χ3n) is 6.40. The monoisotopic (exact) mass is 389 g/mol. The van der Waals surface area contributed by atoms with Gasteiger partial charge in [0.15, 0.2) is 0 Å². The quantitative estimate of drug-likeness (QED) is 0.751. The van der Waals surface area contributed by atoms with Gasteiger partial charge in [-0.1, -0.05) is 25.0 Å². The van der Waals surface area contributed by atoms with E-state index in [9.17, 15) is 14.0 Å². The predicted molar refractivity (Wildman–Crippen MR) is 107 cm³/mol. The van der Waals surface area contributed by atoms with Crippen molar-refractivity contribution in [2.24, 2.45) is 0 Å². The van der Waals surface area contributed by atoms with Crippen molar-refractivity contribution in [3.05, 3.63) is 35.6 Å². The zero-order chi connectivity index (χ0) is 20.1. The lowest BCUT2D eigenvalue weighted by molar-refractivity contribution is -0.139. The Morgan fingerprint density at radius 3 is 2.11 bits per heavy atom. The van der Waals surface area contributed by atoms with Crippen molar-refractivity contribution in [1.29, 1.82) is 0 Å². The van der Waals surface area contributed by atoms with Gasteiger partial charge in [0.1, 0.15) is 5.82 Å². The molecule has 5 nitrogen and oxygen atoms in total. The van der Waals surface area contributed by atoms with E-state index >= 15 is 0 Å². The van der Waals surface area contributed by atoms with Crippen LogP contribution in [-0.4, -0.2) is 72.3 Å². The number of piperazine rings is 1. The number of amides is 2. The van der Waals surface area contributed by atoms with Gasteiger partial charge in [-0.15, -0.1) is 0 Å². The second-order valence-corrected chi connectivity index (χ2v) is 7.93. The maximum Gasteiger partial charge on any atom is 0.236 e. The Kier molecular flexibility index (Phi) is 6.70. The number of rotatable bonds is 6. The van der Waals surface area contributed by atoms with Gasteiger partial charge in [0.25, 0.3) is 0 Å². The summed E-state index contributed by atoms with van der Waals surface area (Å²) in [5, 5.41) is 0. The van der Waals surface area contributed by atoms with E-state index in [0.717, 1.165) is 57.4 Å². The van der Waals surface area contributed by atoms with Crippen LogP contribution >= 0.6 is 0 Å². The number of carbonyl (C=O) groups is 2. The largest absolute Gasteiger partial charge is 0.342 e. The average Bonchev–Trinajstić information content (AvgIpc) is 3.20. The van der Waals surface area contributed by atoms with Crippen LogP contribution < -0.4 is 0 Å². The van der Waals surface area contributed by atoms with Gasteiger partial charge in [-0.05, 0) is 44.4 Å². The number of hydrogen-bond donors (Lipinski definition) is 0. The molecule has 2 aliphatic rings. The number of nitrogens with zero attached hydrogens (tertiary/aromatic N) is 3. The lowest BCUT2D eigenvalue weighted by Gasteiger charge is -2.40. The Hall–Kier alpha value is -1.95. The van der Waals surface area contributed by atoms with E-state index in [4.69, 9.17) is 0 Å². The van der Waals surface area contributed by atoms with E-state index in [1.165, 1.54) is 12.1 Å². The molecular weight excluding hydrogens is 357 g/mol. The summed E-state index contributed by atoms with van der Waals surface area (Å²) in [6.07, 6.45) is 3.72. The average molecular weight is 390 g/mol. The maximum atomic E-state index is 13.5. The van der Waals surface area contributed by atoms with Crippen molar-refractivity contribution < 1.29 is 14.0 Å². The first kappa shape index (κ1) is 20.8. The lowest BCUT2D eigenvalue weighted by atomic mass is 9.77. The van der Waals surface area contributed by atoms with E-state index in [1.807, 2.05) is 23.6 Å². The van der Waals surface area contributed by atoms with Crippen LogP contribution in [0.3, 0.4) is 0 Å². The second kappa shape index (κ2) is 9.03. The van der Waals surface area contributed by atoms with Crippen LogP contribution in [-0.2, 0) is 15.0 Å². The molecule has 3 rings (SSSR count). The zero-order valence-corrected chi connectivity index (χ0v) is 17.1. The van der Waals surface area contributed by atoms with Gasteiger partial charge in [0.2, 0.25) is 11.8 Å². The maximum absolute atomic E-state index is 13.5. The molecule has 0 bridgehead atoms. The van der Waals surface area contributed by atoms with Crippen molar-refractivity contribution in [2.45, 2.75) is 44.9 Å². The molecule has 28 heavy (non-hydrogen) atoms. The van der Waals surface area contributed by atoms with Crippen LogP contribution in [0.25, 0.3) is 0 Å². The van der Waals surface area contributed by atoms with Gasteiger partial charge in [0, 0.05) is 39.3 Å². The van der Waals surface area contributed by atoms with Crippen LogP contribution in [0.5, 0.6) is 0 Å². The lowest BCUT2D eigenvalue weighted by Crippen LogP contribution is -2.55. The molecule has 6 heteroatoms. The Morgan fingerprint density at radius 2 is 1.57 bits per heavy atom. The standard InChI is InChI=1S/C22H32FN3O2/c1-3-25(4-2)20(27)17-24-13-15-26(16-14-24)21(28)22(11-5-6-12-22)18-7-9-19(23)10-8-18/h7-10H,3-6,11-17H2,1-2H3. The Labute approximate surface area is 167 Å². The van der Waals surface area contributed by atoms with Gasteiger partial charge < -0.3 is 9.80 Å². The number of likely N-dealkylation sites (N-methyl/N-ethyl adjacent to an activating group) is 1. The van der Waals surface area contributed by atoms with E-state index in [-0.39, 0.29) is 17.6 Å². The summed E-state index contributed by atoms with van der Waals surface area (Å²) < 4.78 is 13.4. The highest BCUT2D eigenvalue weighted by atomic mass is 19.1. The number of carbonyl (C=O) groups excluding carboxylic acids is 2. The molecule has 0 spiro atoms. The van der Waals surface area contributed by atoms with E-state index in [2.05, 4.69) is 4.90 Å². The minimum atomic E-state index is -0.507. The summed E-state index contributed by atoms with van der Waals surface area (Å²) in [4.78, 5) is 31.8. The third kappa shape index (κ3) is 4.22. The van der Waals surface area contributed by atoms with Gasteiger partial charge in [-0.25, -0.2) is 4.39 Å². The second-order valence-electron chi connectivity index (χ2n) is 7.93. The minimum Gasteiger partial charge on any atom is -0.342 e. The molecule has 1 saturated heterocycles. The zero-order valence-electron chi connectivity index (χ0n) is 17.1. The fourth-order valence-corrected chi connectivity index (χ4v) is 4.65. The molecular formula is C22H32FN3O2. The highest BCUT2D eigenvalue weighted by Gasteiger charge is 2.45. The summed E-state index contributed by atoms with van der Waals surface area (Å²) in [5.41, 5.74) is 0.433. The van der Waals surface area contributed by atoms with Crippen LogP contribution in [0.2, 0.25) is 0 Å². The molecule has 1 aromatic carbocycles. The van der Waals surface area contributed by atoms with Crippen molar-refractivity contribution >= 4 is 11.8 Å². The molecule has 154 valence electrons. The fourth-order valence-electron chi connectivity index (χ4n) is 4.65. The van der Waals surface area contributed by atoms with E-state index in [0.29, 0.717) is 19.6 Å². The highest BCUT2D eigenvalue weighted by molar-refractivity contribution is 5.89. The van der Waals surface area contributed by atoms with Crippen LogP contribution in [0, 0.1) is 5.82 Å². The summed E-state index contributed by atoms with van der Waals surface area (Å²) >= 11 is 0. The van der Waals surface area contributed by atoms with Gasteiger partial charge in [0.05, 0.1) is 12.0 Å². The number of halogens is 1. The first-order valence-corrected chi connectivity index (χ1v) is 10.6. The van der Waals surface area contributed by atoms with Crippen LogP contribution in [0.15, 0.2) is 24.3 Å². The van der Waals surface area contributed by atoms with Crippen LogP contribution in [0.1, 0.15) is 45.1 Å². The molecule has 2 amide bonds. The number of hydrogen-bond acceptors (Lipinski definition) is 3. The van der Waals surface area contributed by atoms with Gasteiger partial charge in [-0.3, -0.25) is 14.5 Å². The first-order valence-electron chi connectivity index (χ1n) is 10.6. The predicted octanol–water partition coefficient (Wildman–Crippen LogP) is 2.65. The number of benzene rings is 1. The molecule has 1 aromatic rings. The van der Waals surface area contributed by atoms with Crippen molar-refractivity contribution in [1.82, 2.24) is 14.7 Å². The molecule has 1 aliphatic heterocycles. The van der Waals surface area contributed by atoms with Gasteiger partial charge in [-0.2, -0.15) is 0 Å². The van der Waals surface area contributed by atoms with Crippen molar-refractivity contribution in [2.75, 3.05) is 45.8 Å². The Morgan fingerprint density at radius 1 is 1.00 bits per heavy atom. The van der Waals surface area contributed by atoms with E-state index < -0.39 is 5.41 Å². The SMILES string of the molecule is CCN(CC)C(=O)CN1CCN(C(=O)C2(c3ccc(F)cc3)CCCC2)CC1. The minimum absolute atomic E-state index is 0.156. The summed E-state index contributed by atoms with van der Waals surface area (Å²) in [6.45, 7) is 8.61. The van der Waals surface area contributed by atoms with Crippen LogP contribution in [0.4, 0.5) is 4.39 Å². The summed E-state index contributed by atoms with van der Waals surface area (Å²) in [6, 6.07) is 6.47. The molecule has 2 fully saturated rings. The third-order valence-corrected chi connectivity index (χ3v) is 6.40. The summed E-state index contributed by atoms with van der Waals surface area (Å²) in [7, 11) is 0. The molecule has 0 atom stereocenters.